The van der Waals surface area contributed by atoms with E-state index in [0.29, 0.717) is 12.5 Å². The number of sulfonamides is 1. The third-order valence-corrected chi connectivity index (χ3v) is 4.24. The molecule has 0 aliphatic carbocycles. The molecule has 11 heteroatoms. The summed E-state index contributed by atoms with van der Waals surface area (Å²) in [4.78, 5) is 14.2. The van der Waals surface area contributed by atoms with Crippen LogP contribution in [0.5, 0.6) is 0 Å². The number of guanidine groups is 1. The fourth-order valence-electron chi connectivity index (χ4n) is 1.79. The predicted octanol–water partition coefficient (Wildman–Crippen LogP) is 1.45. The highest BCUT2D eigenvalue weighted by Gasteiger charge is 2.16. The van der Waals surface area contributed by atoms with Crippen molar-refractivity contribution >= 4 is 45.6 Å². The Labute approximate surface area is 164 Å². The second-order valence-electron chi connectivity index (χ2n) is 5.21. The fraction of sp³-hybridized carbons (Fsp3) is 0.500. The first kappa shape index (κ1) is 23.5. The van der Waals surface area contributed by atoms with E-state index in [1.165, 1.54) is 18.2 Å². The van der Waals surface area contributed by atoms with Crippen LogP contribution in [0.25, 0.3) is 0 Å². The Hall–Kier alpha value is -1.47. The van der Waals surface area contributed by atoms with Crippen molar-refractivity contribution in [1.29, 1.82) is 0 Å². The molecule has 0 saturated heterocycles. The molecule has 0 aliphatic heterocycles. The summed E-state index contributed by atoms with van der Waals surface area (Å²) in [5.74, 6) is 0.599. The van der Waals surface area contributed by atoms with Crippen LogP contribution in [0.4, 0.5) is 5.69 Å². The summed E-state index contributed by atoms with van der Waals surface area (Å²) in [7, 11) is -3.81. The van der Waals surface area contributed by atoms with Gasteiger partial charge in [-0.15, -0.1) is 24.0 Å². The van der Waals surface area contributed by atoms with E-state index < -0.39 is 14.9 Å². The number of hydrogen-bond donors (Lipinski definition) is 3. The number of hydrogen-bond acceptors (Lipinski definition) is 5. The molecule has 0 saturated carbocycles. The van der Waals surface area contributed by atoms with E-state index in [1.807, 2.05) is 20.8 Å². The second kappa shape index (κ2) is 11.2. The molecule has 0 spiro atoms. The van der Waals surface area contributed by atoms with Crippen LogP contribution in [-0.4, -0.2) is 45.0 Å². The summed E-state index contributed by atoms with van der Waals surface area (Å²) in [6.07, 6.45) is 0. The minimum Gasteiger partial charge on any atom is -0.357 e. The quantitative estimate of drug-likeness (QED) is 0.128. The average Bonchev–Trinajstić information content (AvgIpc) is 2.51. The Balaban J connectivity index is 0.00000576. The molecule has 0 bridgehead atoms. The molecule has 1 aromatic carbocycles. The third kappa shape index (κ3) is 8.45. The molecule has 0 unspecified atom stereocenters. The SMILES string of the molecule is CCNC(=NCCNS(=O)(=O)c1cccc([N+](=O)[O-])c1)NC(C)C.I. The van der Waals surface area contributed by atoms with Gasteiger partial charge in [0.15, 0.2) is 5.96 Å². The summed E-state index contributed by atoms with van der Waals surface area (Å²) < 4.78 is 26.7. The van der Waals surface area contributed by atoms with Crippen LogP contribution in [0.2, 0.25) is 0 Å². The number of nitrogens with one attached hydrogen (secondary N) is 3. The van der Waals surface area contributed by atoms with Gasteiger partial charge in [-0.2, -0.15) is 0 Å². The first-order valence-electron chi connectivity index (χ1n) is 7.55. The molecule has 0 amide bonds. The van der Waals surface area contributed by atoms with Crippen LogP contribution in [0.15, 0.2) is 34.2 Å². The number of non-ortho nitro benzene ring substituents is 1. The highest BCUT2D eigenvalue weighted by Crippen LogP contribution is 2.16. The Morgan fingerprint density at radius 1 is 1.36 bits per heavy atom. The molecule has 9 nitrogen and oxygen atoms in total. The molecular formula is C14H24IN5O4S. The number of nitrogens with zero attached hydrogens (tertiary/aromatic N) is 2. The standard InChI is InChI=1S/C14H23N5O4S.HI/c1-4-15-14(18-11(2)3)16-8-9-17-24(22,23)13-7-5-6-12(10-13)19(20)21;/h5-7,10-11,17H,4,8-9H2,1-3H3,(H2,15,16,18);1H. The van der Waals surface area contributed by atoms with Gasteiger partial charge in [0, 0.05) is 31.3 Å². The zero-order chi connectivity index (χ0) is 18.2. The number of halogens is 1. The van der Waals surface area contributed by atoms with Crippen molar-refractivity contribution in [2.45, 2.75) is 31.7 Å². The summed E-state index contributed by atoms with van der Waals surface area (Å²) in [5.41, 5.74) is -0.272. The highest BCUT2D eigenvalue weighted by molar-refractivity contribution is 14.0. The van der Waals surface area contributed by atoms with E-state index in [2.05, 4.69) is 20.3 Å². The Morgan fingerprint density at radius 3 is 2.60 bits per heavy atom. The molecule has 1 rings (SSSR count). The molecule has 0 atom stereocenters. The minimum atomic E-state index is -3.81. The van der Waals surface area contributed by atoms with E-state index >= 15 is 0 Å². The van der Waals surface area contributed by atoms with Gasteiger partial charge in [0.05, 0.1) is 16.4 Å². The number of rotatable bonds is 8. The molecule has 25 heavy (non-hydrogen) atoms. The van der Waals surface area contributed by atoms with Crippen molar-refractivity contribution in [3.8, 4) is 0 Å². The van der Waals surface area contributed by atoms with Crippen LogP contribution < -0.4 is 15.4 Å². The van der Waals surface area contributed by atoms with Crippen LogP contribution in [0.3, 0.4) is 0 Å². The van der Waals surface area contributed by atoms with Crippen LogP contribution >= 0.6 is 24.0 Å². The van der Waals surface area contributed by atoms with Crippen molar-refractivity contribution in [3.63, 3.8) is 0 Å². The molecule has 0 heterocycles. The lowest BCUT2D eigenvalue weighted by Crippen LogP contribution is -2.41. The predicted molar refractivity (Wildman–Crippen MR) is 108 cm³/mol. The number of aliphatic imine (C=N–C) groups is 1. The Bertz CT molecular complexity index is 694. The van der Waals surface area contributed by atoms with Crippen molar-refractivity contribution < 1.29 is 13.3 Å². The van der Waals surface area contributed by atoms with E-state index in [-0.39, 0.29) is 53.7 Å². The minimum absolute atomic E-state index is 0. The van der Waals surface area contributed by atoms with Gasteiger partial charge in [-0.3, -0.25) is 15.1 Å². The normalized spacial score (nSPS) is 11.8. The van der Waals surface area contributed by atoms with Gasteiger partial charge in [0.2, 0.25) is 10.0 Å². The molecule has 0 radical (unpaired) electrons. The third-order valence-electron chi connectivity index (χ3n) is 2.78. The van der Waals surface area contributed by atoms with Gasteiger partial charge in [0.1, 0.15) is 0 Å². The van der Waals surface area contributed by atoms with Crippen molar-refractivity contribution in [2.75, 3.05) is 19.6 Å². The zero-order valence-corrected chi connectivity index (χ0v) is 17.5. The first-order chi connectivity index (χ1) is 11.3. The molecule has 1 aromatic rings. The first-order valence-corrected chi connectivity index (χ1v) is 9.03. The van der Waals surface area contributed by atoms with Gasteiger partial charge >= 0.3 is 0 Å². The lowest BCUT2D eigenvalue weighted by molar-refractivity contribution is -0.385. The fourth-order valence-corrected chi connectivity index (χ4v) is 2.85. The summed E-state index contributed by atoms with van der Waals surface area (Å²) in [6, 6.07) is 5.10. The monoisotopic (exact) mass is 485 g/mol. The van der Waals surface area contributed by atoms with E-state index in [1.54, 1.807) is 0 Å². The molecule has 142 valence electrons. The van der Waals surface area contributed by atoms with E-state index in [9.17, 15) is 18.5 Å². The van der Waals surface area contributed by atoms with Gasteiger partial charge in [0.25, 0.3) is 5.69 Å². The van der Waals surface area contributed by atoms with Gasteiger partial charge in [-0.1, -0.05) is 6.07 Å². The molecule has 0 fully saturated rings. The van der Waals surface area contributed by atoms with Crippen LogP contribution in [-0.2, 0) is 10.0 Å². The number of nitro groups is 1. The Kier molecular flexibility index (Phi) is 10.5. The summed E-state index contributed by atoms with van der Waals surface area (Å²) in [5, 5.41) is 16.9. The average molecular weight is 485 g/mol. The Morgan fingerprint density at radius 2 is 2.04 bits per heavy atom. The smallest absolute Gasteiger partial charge is 0.270 e. The van der Waals surface area contributed by atoms with Gasteiger partial charge in [-0.05, 0) is 26.8 Å². The largest absolute Gasteiger partial charge is 0.357 e. The topological polar surface area (TPSA) is 126 Å². The lowest BCUT2D eigenvalue weighted by atomic mass is 10.3. The van der Waals surface area contributed by atoms with Gasteiger partial charge in [-0.25, -0.2) is 13.1 Å². The maximum atomic E-state index is 12.1. The molecule has 3 N–H and O–H groups in total. The van der Waals surface area contributed by atoms with Crippen molar-refractivity contribution in [2.24, 2.45) is 4.99 Å². The van der Waals surface area contributed by atoms with E-state index in [0.717, 1.165) is 6.07 Å². The lowest BCUT2D eigenvalue weighted by Gasteiger charge is -2.14. The number of nitro benzene ring substituents is 1. The van der Waals surface area contributed by atoms with Crippen molar-refractivity contribution in [1.82, 2.24) is 15.4 Å². The zero-order valence-electron chi connectivity index (χ0n) is 14.4. The van der Waals surface area contributed by atoms with Gasteiger partial charge < -0.3 is 10.6 Å². The van der Waals surface area contributed by atoms with E-state index in [4.69, 9.17) is 0 Å². The highest BCUT2D eigenvalue weighted by atomic mass is 127. The maximum absolute atomic E-state index is 12.1. The molecule has 0 aliphatic rings. The number of benzene rings is 1. The maximum Gasteiger partial charge on any atom is 0.270 e. The second-order valence-corrected chi connectivity index (χ2v) is 6.98. The molecular weight excluding hydrogens is 461 g/mol. The van der Waals surface area contributed by atoms with Crippen LogP contribution in [0, 0.1) is 10.1 Å². The van der Waals surface area contributed by atoms with Crippen LogP contribution in [0.1, 0.15) is 20.8 Å². The summed E-state index contributed by atoms with van der Waals surface area (Å²) in [6.45, 7) is 6.88. The summed E-state index contributed by atoms with van der Waals surface area (Å²) >= 11 is 0. The molecule has 0 aromatic heterocycles. The van der Waals surface area contributed by atoms with Crippen molar-refractivity contribution in [3.05, 3.63) is 34.4 Å².